The zero-order valence-electron chi connectivity index (χ0n) is 11.0. The molecule has 96 valence electrons. The van der Waals surface area contributed by atoms with Crippen molar-refractivity contribution in [3.05, 3.63) is 25.0 Å². The Hall–Kier alpha value is -1.25. The van der Waals surface area contributed by atoms with E-state index in [4.69, 9.17) is 0 Å². The van der Waals surface area contributed by atoms with Gasteiger partial charge in [0.05, 0.1) is 0 Å². The highest BCUT2D eigenvalue weighted by Gasteiger charge is 2.00. The van der Waals surface area contributed by atoms with E-state index in [1.54, 1.807) is 0 Å². The Labute approximate surface area is 105 Å². The lowest BCUT2D eigenvalue weighted by molar-refractivity contribution is 0.560. The lowest BCUT2D eigenvalue weighted by atomic mass is 10.1. The standard InChI is InChI=1S/C14H25N3/c1-3-5-6-7-8-9-12-17-13-11-16-14(17)15-10-4-2/h4,11,13H,2-3,5-10,12H2,1H3,(H,15,16). The molecule has 0 aliphatic carbocycles. The molecule has 0 spiro atoms. The predicted molar refractivity (Wildman–Crippen MR) is 74.3 cm³/mol. The third-order valence-corrected chi connectivity index (χ3v) is 2.87. The van der Waals surface area contributed by atoms with E-state index >= 15 is 0 Å². The van der Waals surface area contributed by atoms with Gasteiger partial charge >= 0.3 is 0 Å². The van der Waals surface area contributed by atoms with Crippen molar-refractivity contribution in [3.63, 3.8) is 0 Å². The van der Waals surface area contributed by atoms with Crippen LogP contribution in [0.3, 0.4) is 0 Å². The van der Waals surface area contributed by atoms with Crippen LogP contribution in [0.25, 0.3) is 0 Å². The van der Waals surface area contributed by atoms with Gasteiger partial charge in [-0.15, -0.1) is 6.58 Å². The highest BCUT2D eigenvalue weighted by atomic mass is 15.2. The van der Waals surface area contributed by atoms with Gasteiger partial charge in [-0.2, -0.15) is 0 Å². The second-order valence-corrected chi connectivity index (χ2v) is 4.38. The average Bonchev–Trinajstić information content (AvgIpc) is 2.78. The monoisotopic (exact) mass is 235 g/mol. The summed E-state index contributed by atoms with van der Waals surface area (Å²) in [6.07, 6.45) is 13.7. The van der Waals surface area contributed by atoms with Crippen LogP contribution in [0.2, 0.25) is 0 Å². The molecule has 1 aromatic rings. The predicted octanol–water partition coefficient (Wildman–Crippen LogP) is 3.84. The first kappa shape index (κ1) is 13.8. The zero-order chi connectivity index (χ0) is 12.3. The molecule has 0 saturated carbocycles. The molecule has 0 atom stereocenters. The van der Waals surface area contributed by atoms with Crippen molar-refractivity contribution in [3.8, 4) is 0 Å². The molecule has 0 aromatic carbocycles. The van der Waals surface area contributed by atoms with E-state index in [2.05, 4.69) is 28.4 Å². The van der Waals surface area contributed by atoms with Crippen LogP contribution < -0.4 is 5.32 Å². The number of unbranched alkanes of at least 4 members (excludes halogenated alkanes) is 5. The Bertz CT molecular complexity index is 304. The first-order valence-corrected chi connectivity index (χ1v) is 6.74. The van der Waals surface area contributed by atoms with Crippen LogP contribution in [-0.2, 0) is 6.54 Å². The lowest BCUT2D eigenvalue weighted by Gasteiger charge is -2.08. The molecule has 3 nitrogen and oxygen atoms in total. The quantitative estimate of drug-likeness (QED) is 0.493. The molecule has 0 unspecified atom stereocenters. The number of aryl methyl sites for hydroxylation is 1. The summed E-state index contributed by atoms with van der Waals surface area (Å²) < 4.78 is 2.18. The van der Waals surface area contributed by atoms with Gasteiger partial charge in [0.15, 0.2) is 0 Å². The van der Waals surface area contributed by atoms with E-state index in [1.807, 2.05) is 18.5 Å². The van der Waals surface area contributed by atoms with Crippen LogP contribution in [0.1, 0.15) is 45.4 Å². The van der Waals surface area contributed by atoms with Crippen LogP contribution in [0, 0.1) is 0 Å². The van der Waals surface area contributed by atoms with Crippen molar-refractivity contribution in [2.45, 2.75) is 52.0 Å². The molecule has 17 heavy (non-hydrogen) atoms. The molecule has 1 aromatic heterocycles. The number of nitrogens with zero attached hydrogens (tertiary/aromatic N) is 2. The van der Waals surface area contributed by atoms with Crippen molar-refractivity contribution >= 4 is 5.95 Å². The maximum absolute atomic E-state index is 4.29. The third kappa shape index (κ3) is 5.57. The topological polar surface area (TPSA) is 29.9 Å². The van der Waals surface area contributed by atoms with Gasteiger partial charge in [0.1, 0.15) is 0 Å². The van der Waals surface area contributed by atoms with Gasteiger partial charge in [0.2, 0.25) is 5.95 Å². The summed E-state index contributed by atoms with van der Waals surface area (Å²) in [7, 11) is 0. The molecule has 0 saturated heterocycles. The second kappa shape index (κ2) is 8.85. The molecule has 1 heterocycles. The molecule has 0 bridgehead atoms. The van der Waals surface area contributed by atoms with Crippen molar-refractivity contribution in [1.29, 1.82) is 0 Å². The average molecular weight is 235 g/mol. The summed E-state index contributed by atoms with van der Waals surface area (Å²) in [6, 6.07) is 0. The van der Waals surface area contributed by atoms with Crippen molar-refractivity contribution in [1.82, 2.24) is 9.55 Å². The maximum Gasteiger partial charge on any atom is 0.203 e. The molecule has 0 aliphatic rings. The molecule has 0 radical (unpaired) electrons. The van der Waals surface area contributed by atoms with Crippen LogP contribution in [-0.4, -0.2) is 16.1 Å². The first-order chi connectivity index (χ1) is 8.38. The number of hydrogen-bond donors (Lipinski definition) is 1. The largest absolute Gasteiger partial charge is 0.352 e. The Balaban J connectivity index is 2.17. The van der Waals surface area contributed by atoms with E-state index < -0.39 is 0 Å². The van der Waals surface area contributed by atoms with Gasteiger partial charge in [-0.1, -0.05) is 45.1 Å². The van der Waals surface area contributed by atoms with Crippen LogP contribution in [0.5, 0.6) is 0 Å². The second-order valence-electron chi connectivity index (χ2n) is 4.38. The Morgan fingerprint density at radius 2 is 2.06 bits per heavy atom. The highest BCUT2D eigenvalue weighted by molar-refractivity contribution is 5.26. The fourth-order valence-corrected chi connectivity index (χ4v) is 1.88. The maximum atomic E-state index is 4.29. The van der Waals surface area contributed by atoms with E-state index in [-0.39, 0.29) is 0 Å². The number of imidazole rings is 1. The highest BCUT2D eigenvalue weighted by Crippen LogP contribution is 2.09. The number of anilines is 1. The fraction of sp³-hybridized carbons (Fsp3) is 0.643. The van der Waals surface area contributed by atoms with E-state index in [1.165, 1.54) is 38.5 Å². The minimum absolute atomic E-state index is 0.771. The molecule has 0 amide bonds. The van der Waals surface area contributed by atoms with Gasteiger partial charge < -0.3 is 9.88 Å². The minimum Gasteiger partial charge on any atom is -0.352 e. The normalized spacial score (nSPS) is 10.4. The number of rotatable bonds is 10. The minimum atomic E-state index is 0.771. The van der Waals surface area contributed by atoms with Gasteiger partial charge in [-0.3, -0.25) is 0 Å². The Morgan fingerprint density at radius 3 is 2.82 bits per heavy atom. The lowest BCUT2D eigenvalue weighted by Crippen LogP contribution is -2.07. The van der Waals surface area contributed by atoms with E-state index in [9.17, 15) is 0 Å². The summed E-state index contributed by atoms with van der Waals surface area (Å²) in [6.45, 7) is 7.78. The summed E-state index contributed by atoms with van der Waals surface area (Å²) in [4.78, 5) is 4.29. The van der Waals surface area contributed by atoms with Gasteiger partial charge in [0, 0.05) is 25.5 Å². The number of hydrogen-bond acceptors (Lipinski definition) is 2. The molecule has 0 aliphatic heterocycles. The van der Waals surface area contributed by atoms with Crippen molar-refractivity contribution < 1.29 is 0 Å². The molecular weight excluding hydrogens is 210 g/mol. The first-order valence-electron chi connectivity index (χ1n) is 6.74. The molecule has 1 N–H and O–H groups in total. The molecule has 0 fully saturated rings. The summed E-state index contributed by atoms with van der Waals surface area (Å²) in [5.74, 6) is 0.957. The van der Waals surface area contributed by atoms with Crippen LogP contribution in [0.4, 0.5) is 5.95 Å². The van der Waals surface area contributed by atoms with Crippen molar-refractivity contribution in [2.24, 2.45) is 0 Å². The van der Waals surface area contributed by atoms with E-state index in [0.29, 0.717) is 0 Å². The summed E-state index contributed by atoms with van der Waals surface area (Å²) in [5.41, 5.74) is 0. The van der Waals surface area contributed by atoms with E-state index in [0.717, 1.165) is 19.0 Å². The molecule has 3 heteroatoms. The fourth-order valence-electron chi connectivity index (χ4n) is 1.88. The summed E-state index contributed by atoms with van der Waals surface area (Å²) >= 11 is 0. The number of aromatic nitrogens is 2. The molecule has 1 rings (SSSR count). The smallest absolute Gasteiger partial charge is 0.203 e. The van der Waals surface area contributed by atoms with Crippen molar-refractivity contribution in [2.75, 3.05) is 11.9 Å². The zero-order valence-corrected chi connectivity index (χ0v) is 11.0. The Morgan fingerprint density at radius 1 is 1.29 bits per heavy atom. The molecular formula is C14H25N3. The number of nitrogens with one attached hydrogen (secondary N) is 1. The Kier molecular flexibility index (Phi) is 7.19. The third-order valence-electron chi connectivity index (χ3n) is 2.87. The summed E-state index contributed by atoms with van der Waals surface area (Å²) in [5, 5.41) is 3.24. The van der Waals surface area contributed by atoms with Gasteiger partial charge in [-0.25, -0.2) is 4.98 Å². The SMILES string of the molecule is C=CCNc1nccn1CCCCCCCC. The van der Waals surface area contributed by atoms with Gasteiger partial charge in [0.25, 0.3) is 0 Å². The van der Waals surface area contributed by atoms with Crippen LogP contribution >= 0.6 is 0 Å². The van der Waals surface area contributed by atoms with Crippen LogP contribution in [0.15, 0.2) is 25.0 Å². The van der Waals surface area contributed by atoms with Gasteiger partial charge in [-0.05, 0) is 6.42 Å².